The number of ether oxygens (including phenoxy) is 1. The van der Waals surface area contributed by atoms with E-state index < -0.39 is 10.0 Å². The first-order chi connectivity index (χ1) is 18.2. The molecular formula is C27H31BrFN3O5S. The summed E-state index contributed by atoms with van der Waals surface area (Å²) in [4.78, 5) is 17.5. The maximum atomic E-state index is 13.7. The minimum Gasteiger partial charge on any atom is -0.464 e. The minimum atomic E-state index is -3.96. The third kappa shape index (κ3) is 7.73. The van der Waals surface area contributed by atoms with Crippen LogP contribution in [0.25, 0.3) is 0 Å². The van der Waals surface area contributed by atoms with Crippen LogP contribution in [0, 0.1) is 12.7 Å². The highest BCUT2D eigenvalue weighted by molar-refractivity contribution is 9.10. The molecule has 0 atom stereocenters. The molecule has 2 aromatic carbocycles. The van der Waals surface area contributed by atoms with Crippen LogP contribution in [-0.2, 0) is 32.6 Å². The van der Waals surface area contributed by atoms with Gasteiger partial charge in [-0.2, -0.15) is 4.31 Å². The molecule has 1 aromatic heterocycles. The highest BCUT2D eigenvalue weighted by atomic mass is 79.9. The molecule has 1 saturated heterocycles. The molecule has 204 valence electrons. The van der Waals surface area contributed by atoms with Gasteiger partial charge in [-0.1, -0.05) is 28.1 Å². The van der Waals surface area contributed by atoms with Crippen molar-refractivity contribution in [2.24, 2.45) is 0 Å². The van der Waals surface area contributed by atoms with E-state index in [0.29, 0.717) is 44.4 Å². The van der Waals surface area contributed by atoms with Gasteiger partial charge in [0.25, 0.3) is 0 Å². The molecule has 0 N–H and O–H groups in total. The van der Waals surface area contributed by atoms with Crippen molar-refractivity contribution in [2.45, 2.75) is 24.9 Å². The number of hydrogen-bond acceptors (Lipinski definition) is 6. The Morgan fingerprint density at radius 2 is 1.68 bits per heavy atom. The molecule has 0 bridgehead atoms. The maximum absolute atomic E-state index is 13.7. The lowest BCUT2D eigenvalue weighted by atomic mass is 10.2. The van der Waals surface area contributed by atoms with Crippen LogP contribution in [0.2, 0.25) is 0 Å². The molecule has 3 aromatic rings. The molecule has 8 nitrogen and oxygen atoms in total. The average Bonchev–Trinajstić information content (AvgIpc) is 3.32. The van der Waals surface area contributed by atoms with Crippen LogP contribution in [0.3, 0.4) is 0 Å². The molecule has 4 rings (SSSR count). The van der Waals surface area contributed by atoms with Crippen LogP contribution in [0.4, 0.5) is 4.39 Å². The lowest BCUT2D eigenvalue weighted by molar-refractivity contribution is -0.133. The summed E-state index contributed by atoms with van der Waals surface area (Å²) in [5, 5.41) is 0. The Kier molecular flexibility index (Phi) is 9.72. The monoisotopic (exact) mass is 607 g/mol. The minimum absolute atomic E-state index is 0.113. The van der Waals surface area contributed by atoms with Gasteiger partial charge in [-0.3, -0.25) is 9.69 Å². The Bertz CT molecular complexity index is 1310. The first-order valence-corrected chi connectivity index (χ1v) is 14.6. The standard InChI is InChI=1S/C27H31BrFN3O5S/c1-21-2-9-25(37-21)19-31(18-22-3-7-24(29)8-4-22)27(33)20-32(13-12-30-14-16-36-17-15-30)38(34,35)26-10-5-23(28)6-11-26/h2-11H,12-20H2,1H3. The zero-order valence-corrected chi connectivity index (χ0v) is 23.6. The van der Waals surface area contributed by atoms with Crippen molar-refractivity contribution in [2.75, 3.05) is 45.9 Å². The Hall–Kier alpha value is -2.57. The molecule has 0 unspecified atom stereocenters. The number of hydrogen-bond donors (Lipinski definition) is 0. The van der Waals surface area contributed by atoms with Gasteiger partial charge in [-0.05, 0) is 61.0 Å². The molecule has 1 aliphatic rings. The number of rotatable bonds is 11. The molecule has 0 aliphatic carbocycles. The number of sulfonamides is 1. The summed E-state index contributed by atoms with van der Waals surface area (Å²) >= 11 is 3.34. The van der Waals surface area contributed by atoms with Crippen molar-refractivity contribution in [1.82, 2.24) is 14.1 Å². The summed E-state index contributed by atoms with van der Waals surface area (Å²) in [7, 11) is -3.96. The Morgan fingerprint density at radius 3 is 2.32 bits per heavy atom. The normalized spacial score (nSPS) is 14.6. The van der Waals surface area contributed by atoms with Crippen LogP contribution in [-0.4, -0.2) is 74.4 Å². The lowest BCUT2D eigenvalue weighted by Crippen LogP contribution is -2.47. The number of aryl methyl sites for hydroxylation is 1. The van der Waals surface area contributed by atoms with Crippen molar-refractivity contribution in [3.8, 4) is 0 Å². The fraction of sp³-hybridized carbons (Fsp3) is 0.370. The Balaban J connectivity index is 1.58. The zero-order valence-electron chi connectivity index (χ0n) is 21.2. The number of furan rings is 1. The van der Waals surface area contributed by atoms with E-state index >= 15 is 0 Å². The van der Waals surface area contributed by atoms with Gasteiger partial charge in [0, 0.05) is 37.2 Å². The number of carbonyl (C=O) groups is 1. The summed E-state index contributed by atoms with van der Waals surface area (Å²) in [5.74, 6) is 0.530. The van der Waals surface area contributed by atoms with Crippen LogP contribution in [0.5, 0.6) is 0 Å². The fourth-order valence-corrected chi connectivity index (χ4v) is 5.81. The number of carbonyl (C=O) groups excluding carboxylic acids is 1. The second-order valence-electron chi connectivity index (χ2n) is 9.14. The predicted molar refractivity (Wildman–Crippen MR) is 144 cm³/mol. The molecule has 1 amide bonds. The third-order valence-corrected chi connectivity index (χ3v) is 8.70. The van der Waals surface area contributed by atoms with E-state index in [9.17, 15) is 17.6 Å². The summed E-state index contributed by atoms with van der Waals surface area (Å²) in [6.45, 7) is 5.00. The van der Waals surface area contributed by atoms with Gasteiger partial charge in [0.1, 0.15) is 17.3 Å². The number of morpholine rings is 1. The van der Waals surface area contributed by atoms with Gasteiger partial charge in [-0.25, -0.2) is 12.8 Å². The van der Waals surface area contributed by atoms with Gasteiger partial charge in [0.2, 0.25) is 15.9 Å². The van der Waals surface area contributed by atoms with Crippen LogP contribution < -0.4 is 0 Å². The molecule has 0 saturated carbocycles. The van der Waals surface area contributed by atoms with Crippen LogP contribution in [0.1, 0.15) is 17.1 Å². The van der Waals surface area contributed by atoms with Crippen molar-refractivity contribution in [1.29, 1.82) is 0 Å². The molecule has 0 radical (unpaired) electrons. The van der Waals surface area contributed by atoms with Gasteiger partial charge < -0.3 is 14.1 Å². The van der Waals surface area contributed by atoms with E-state index in [1.54, 1.807) is 30.3 Å². The summed E-state index contributed by atoms with van der Waals surface area (Å²) < 4.78 is 53.9. The van der Waals surface area contributed by atoms with E-state index in [1.807, 2.05) is 13.0 Å². The predicted octanol–water partition coefficient (Wildman–Crippen LogP) is 4.04. The highest BCUT2D eigenvalue weighted by Gasteiger charge is 2.29. The second-order valence-corrected chi connectivity index (χ2v) is 12.0. The largest absolute Gasteiger partial charge is 0.464 e. The van der Waals surface area contributed by atoms with E-state index in [1.165, 1.54) is 33.5 Å². The third-order valence-electron chi connectivity index (χ3n) is 6.31. The Labute approximate surface area is 231 Å². The molecule has 38 heavy (non-hydrogen) atoms. The SMILES string of the molecule is Cc1ccc(CN(Cc2ccc(F)cc2)C(=O)CN(CCN2CCOCC2)S(=O)(=O)c2ccc(Br)cc2)o1. The fourth-order valence-electron chi connectivity index (χ4n) is 4.17. The Morgan fingerprint density at radius 1 is 1.00 bits per heavy atom. The van der Waals surface area contributed by atoms with Crippen molar-refractivity contribution >= 4 is 31.9 Å². The highest BCUT2D eigenvalue weighted by Crippen LogP contribution is 2.20. The van der Waals surface area contributed by atoms with E-state index in [0.717, 1.165) is 10.0 Å². The number of halogens is 2. The molecule has 11 heteroatoms. The number of benzene rings is 2. The summed E-state index contributed by atoms with van der Waals surface area (Å²) in [5.41, 5.74) is 0.721. The summed E-state index contributed by atoms with van der Waals surface area (Å²) in [6.07, 6.45) is 0. The topological polar surface area (TPSA) is 83.3 Å². The van der Waals surface area contributed by atoms with Crippen LogP contribution >= 0.6 is 15.9 Å². The molecule has 0 spiro atoms. The van der Waals surface area contributed by atoms with E-state index in [-0.39, 0.29) is 42.8 Å². The first kappa shape index (κ1) is 28.4. The quantitative estimate of drug-likeness (QED) is 0.327. The van der Waals surface area contributed by atoms with Crippen molar-refractivity contribution in [3.63, 3.8) is 0 Å². The van der Waals surface area contributed by atoms with Crippen molar-refractivity contribution in [3.05, 3.63) is 88.0 Å². The number of amides is 1. The van der Waals surface area contributed by atoms with Gasteiger partial charge in [0.05, 0.1) is 31.2 Å². The van der Waals surface area contributed by atoms with E-state index in [4.69, 9.17) is 9.15 Å². The first-order valence-electron chi connectivity index (χ1n) is 12.3. The zero-order chi connectivity index (χ0) is 27.1. The number of nitrogens with zero attached hydrogens (tertiary/aromatic N) is 3. The smallest absolute Gasteiger partial charge is 0.243 e. The van der Waals surface area contributed by atoms with E-state index in [2.05, 4.69) is 20.8 Å². The molecule has 1 aliphatic heterocycles. The average molecular weight is 609 g/mol. The van der Waals surface area contributed by atoms with Gasteiger partial charge >= 0.3 is 0 Å². The molecule has 2 heterocycles. The van der Waals surface area contributed by atoms with Gasteiger partial charge in [0.15, 0.2) is 0 Å². The maximum Gasteiger partial charge on any atom is 0.243 e. The second kappa shape index (κ2) is 13.0. The molecule has 1 fully saturated rings. The molecular weight excluding hydrogens is 577 g/mol. The van der Waals surface area contributed by atoms with Crippen LogP contribution in [0.15, 0.2) is 74.4 Å². The van der Waals surface area contributed by atoms with Gasteiger partial charge in [-0.15, -0.1) is 0 Å². The van der Waals surface area contributed by atoms with Crippen molar-refractivity contribution < 1.29 is 26.8 Å². The lowest BCUT2D eigenvalue weighted by Gasteiger charge is -2.31. The summed E-state index contributed by atoms with van der Waals surface area (Å²) in [6, 6.07) is 15.8.